The molecule has 29 heavy (non-hydrogen) atoms. The number of hydrogen-bond acceptors (Lipinski definition) is 4. The monoisotopic (exact) mass is 381 g/mol. The molecule has 2 aliphatic rings. The van der Waals surface area contributed by atoms with E-state index in [-0.39, 0.29) is 18.1 Å². The maximum Gasteiger partial charge on any atom is 0.259 e. The van der Waals surface area contributed by atoms with Crippen LogP contribution in [0.2, 0.25) is 0 Å². The van der Waals surface area contributed by atoms with Gasteiger partial charge in [-0.05, 0) is 23.8 Å². The zero-order valence-electron chi connectivity index (χ0n) is 15.3. The molecule has 0 atom stereocenters. The number of fused-ring (bicyclic) bond motifs is 6. The number of benzene rings is 3. The number of hydrogen-bond donors (Lipinski definition) is 0. The average Bonchev–Trinajstić information content (AvgIpc) is 3.33. The molecule has 0 saturated carbocycles. The molecule has 1 aromatic heterocycles. The quantitative estimate of drug-likeness (QED) is 0.464. The molecule has 140 valence electrons. The average molecular weight is 381 g/mol. The van der Waals surface area contributed by atoms with Gasteiger partial charge in [0.15, 0.2) is 17.3 Å². The van der Waals surface area contributed by atoms with Gasteiger partial charge in [0.05, 0.1) is 17.8 Å². The zero-order chi connectivity index (χ0) is 19.5. The Morgan fingerprint density at radius 1 is 0.793 bits per heavy atom. The fourth-order valence-electron chi connectivity index (χ4n) is 4.28. The van der Waals surface area contributed by atoms with Crippen LogP contribution in [0.15, 0.2) is 71.5 Å². The molecule has 0 amide bonds. The molecule has 0 bridgehead atoms. The first-order chi connectivity index (χ1) is 14.2. The van der Waals surface area contributed by atoms with Gasteiger partial charge in [-0.15, -0.1) is 0 Å². The van der Waals surface area contributed by atoms with Crippen molar-refractivity contribution in [1.29, 1.82) is 0 Å². The minimum absolute atomic E-state index is 0.0914. The second-order valence-corrected chi connectivity index (χ2v) is 7.23. The highest BCUT2D eigenvalue weighted by atomic mass is 16.7. The molecule has 0 saturated heterocycles. The second kappa shape index (κ2) is 5.82. The number of aromatic nitrogens is 1. The van der Waals surface area contributed by atoms with Crippen LogP contribution in [0.1, 0.15) is 21.5 Å². The Balaban J connectivity index is 1.71. The van der Waals surface area contributed by atoms with Crippen molar-refractivity contribution >= 4 is 16.6 Å². The van der Waals surface area contributed by atoms with Gasteiger partial charge in [0.2, 0.25) is 6.79 Å². The van der Waals surface area contributed by atoms with E-state index in [2.05, 4.69) is 0 Å². The first-order valence-corrected chi connectivity index (χ1v) is 9.40. The van der Waals surface area contributed by atoms with E-state index >= 15 is 0 Å². The van der Waals surface area contributed by atoms with Crippen LogP contribution in [0.4, 0.5) is 0 Å². The maximum absolute atomic E-state index is 13.4. The second-order valence-electron chi connectivity index (χ2n) is 7.23. The standard InChI is InChI=1S/C24H15NO4/c26-23-18-11-20-19(28-13-29-20)10-17(18)22-21(23)15-8-4-5-9-16(15)24(27)25(22)12-14-6-2-1-3-7-14/h1-11H,12-13H2. The van der Waals surface area contributed by atoms with E-state index in [1.165, 1.54) is 0 Å². The molecule has 2 heterocycles. The summed E-state index contributed by atoms with van der Waals surface area (Å²) in [5.74, 6) is 1.06. The van der Waals surface area contributed by atoms with Crippen LogP contribution < -0.4 is 15.0 Å². The van der Waals surface area contributed by atoms with Gasteiger partial charge in [-0.1, -0.05) is 48.5 Å². The third kappa shape index (κ3) is 2.21. The molecule has 0 spiro atoms. The lowest BCUT2D eigenvalue weighted by Gasteiger charge is -2.15. The highest BCUT2D eigenvalue weighted by molar-refractivity contribution is 6.27. The van der Waals surface area contributed by atoms with E-state index < -0.39 is 0 Å². The summed E-state index contributed by atoms with van der Waals surface area (Å²) in [5, 5.41) is 1.23. The van der Waals surface area contributed by atoms with Gasteiger partial charge in [-0.3, -0.25) is 9.59 Å². The fourth-order valence-corrected chi connectivity index (χ4v) is 4.28. The van der Waals surface area contributed by atoms with Crippen molar-refractivity contribution in [3.63, 3.8) is 0 Å². The first-order valence-electron chi connectivity index (χ1n) is 9.40. The Bertz CT molecular complexity index is 1390. The molecule has 0 radical (unpaired) electrons. The highest BCUT2D eigenvalue weighted by Crippen LogP contribution is 2.45. The van der Waals surface area contributed by atoms with E-state index in [9.17, 15) is 9.59 Å². The van der Waals surface area contributed by atoms with Gasteiger partial charge in [0.25, 0.3) is 5.56 Å². The minimum atomic E-state index is -0.110. The third-order valence-electron chi connectivity index (χ3n) is 5.60. The summed E-state index contributed by atoms with van der Waals surface area (Å²) in [6.07, 6.45) is 0. The summed E-state index contributed by atoms with van der Waals surface area (Å²) in [6.45, 7) is 0.516. The minimum Gasteiger partial charge on any atom is -0.454 e. The van der Waals surface area contributed by atoms with Crippen molar-refractivity contribution in [3.05, 3.63) is 93.8 Å². The zero-order valence-corrected chi connectivity index (χ0v) is 15.3. The van der Waals surface area contributed by atoms with E-state index in [1.807, 2.05) is 54.6 Å². The smallest absolute Gasteiger partial charge is 0.259 e. The van der Waals surface area contributed by atoms with Crippen LogP contribution in [0.5, 0.6) is 11.5 Å². The molecule has 6 rings (SSSR count). The van der Waals surface area contributed by atoms with E-state index in [0.29, 0.717) is 51.2 Å². The summed E-state index contributed by atoms with van der Waals surface area (Å²) in [5.41, 5.74) is 3.36. The topological polar surface area (TPSA) is 57.5 Å². The molecule has 5 heteroatoms. The van der Waals surface area contributed by atoms with Crippen molar-refractivity contribution in [3.8, 4) is 22.8 Å². The Kier molecular flexibility index (Phi) is 3.23. The van der Waals surface area contributed by atoms with Gasteiger partial charge in [-0.2, -0.15) is 0 Å². The Hall–Kier alpha value is -3.86. The number of carbonyl (C=O) groups is 1. The van der Waals surface area contributed by atoms with Crippen molar-refractivity contribution in [1.82, 2.24) is 4.57 Å². The van der Waals surface area contributed by atoms with Crippen LogP contribution in [0.25, 0.3) is 22.0 Å². The third-order valence-corrected chi connectivity index (χ3v) is 5.60. The Labute approximate surface area is 165 Å². The van der Waals surface area contributed by atoms with E-state index in [4.69, 9.17) is 9.47 Å². The molecular weight excluding hydrogens is 366 g/mol. The highest BCUT2D eigenvalue weighted by Gasteiger charge is 2.35. The molecule has 5 nitrogen and oxygen atoms in total. The van der Waals surface area contributed by atoms with E-state index in [1.54, 1.807) is 16.7 Å². The number of carbonyl (C=O) groups excluding carboxylic acids is 1. The van der Waals surface area contributed by atoms with E-state index in [0.717, 1.165) is 5.56 Å². The summed E-state index contributed by atoms with van der Waals surface area (Å²) in [6, 6.07) is 20.6. The van der Waals surface area contributed by atoms with Crippen LogP contribution in [-0.4, -0.2) is 17.1 Å². The van der Waals surface area contributed by atoms with Crippen molar-refractivity contribution in [2.45, 2.75) is 6.54 Å². The normalized spacial score (nSPS) is 13.6. The predicted octanol–water partition coefficient (Wildman–Crippen LogP) is 3.99. The summed E-state index contributed by atoms with van der Waals surface area (Å²) < 4.78 is 12.7. The summed E-state index contributed by atoms with van der Waals surface area (Å²) in [7, 11) is 0. The van der Waals surface area contributed by atoms with Crippen LogP contribution in [-0.2, 0) is 6.54 Å². The molecule has 4 aromatic rings. The lowest BCUT2D eigenvalue weighted by Crippen LogP contribution is -2.23. The molecule has 0 N–H and O–H groups in total. The van der Waals surface area contributed by atoms with Crippen LogP contribution in [0.3, 0.4) is 0 Å². The van der Waals surface area contributed by atoms with Crippen molar-refractivity contribution < 1.29 is 14.3 Å². The van der Waals surface area contributed by atoms with Gasteiger partial charge >= 0.3 is 0 Å². The number of ketones is 1. The molecule has 1 aliphatic heterocycles. The Morgan fingerprint density at radius 2 is 1.45 bits per heavy atom. The lowest BCUT2D eigenvalue weighted by molar-refractivity contribution is 0.104. The molecule has 3 aromatic carbocycles. The Morgan fingerprint density at radius 3 is 2.21 bits per heavy atom. The molecule has 0 unspecified atom stereocenters. The van der Waals surface area contributed by atoms with Gasteiger partial charge in [0, 0.05) is 21.9 Å². The lowest BCUT2D eigenvalue weighted by atomic mass is 10.0. The van der Waals surface area contributed by atoms with Crippen LogP contribution >= 0.6 is 0 Å². The van der Waals surface area contributed by atoms with Gasteiger partial charge < -0.3 is 14.0 Å². The summed E-state index contributed by atoms with van der Waals surface area (Å²) in [4.78, 5) is 26.8. The molecule has 1 aliphatic carbocycles. The molecule has 0 fully saturated rings. The molecular formula is C24H15NO4. The predicted molar refractivity (Wildman–Crippen MR) is 109 cm³/mol. The maximum atomic E-state index is 13.4. The van der Waals surface area contributed by atoms with Gasteiger partial charge in [-0.25, -0.2) is 0 Å². The van der Waals surface area contributed by atoms with Crippen LogP contribution in [0, 0.1) is 0 Å². The number of rotatable bonds is 2. The number of pyridine rings is 1. The first kappa shape index (κ1) is 16.1. The largest absolute Gasteiger partial charge is 0.454 e. The number of ether oxygens (including phenoxy) is 2. The van der Waals surface area contributed by atoms with Crippen molar-refractivity contribution in [2.24, 2.45) is 0 Å². The SMILES string of the molecule is O=C1c2cc3c(cc2-c2c1c1ccccc1c(=O)n2Cc1ccccc1)OCO3. The van der Waals surface area contributed by atoms with Gasteiger partial charge in [0.1, 0.15) is 0 Å². The summed E-state index contributed by atoms with van der Waals surface area (Å²) >= 11 is 0. The van der Waals surface area contributed by atoms with Crippen molar-refractivity contribution in [2.75, 3.05) is 6.79 Å². The fraction of sp³-hybridized carbons (Fsp3) is 0.0833. The number of nitrogens with zero attached hydrogens (tertiary/aromatic N) is 1.